The summed E-state index contributed by atoms with van der Waals surface area (Å²) >= 11 is 1.69. The molecule has 5 nitrogen and oxygen atoms in total. The van der Waals surface area contributed by atoms with Gasteiger partial charge in [0.05, 0.1) is 17.2 Å². The lowest BCUT2D eigenvalue weighted by atomic mass is 10.0. The third-order valence-electron chi connectivity index (χ3n) is 5.15. The van der Waals surface area contributed by atoms with Crippen molar-refractivity contribution >= 4 is 32.6 Å². The Hall–Kier alpha value is -1.82. The molecular weight excluding hydrogens is 334 g/mol. The van der Waals surface area contributed by atoms with Crippen LogP contribution in [0.15, 0.2) is 18.2 Å². The summed E-state index contributed by atoms with van der Waals surface area (Å²) in [6.07, 6.45) is 4.50. The molecule has 4 rings (SSSR count). The Morgan fingerprint density at radius 2 is 2.12 bits per heavy atom. The number of hydrogen-bond acceptors (Lipinski definition) is 5. The minimum Gasteiger partial charge on any atom is -0.492 e. The van der Waals surface area contributed by atoms with E-state index in [0.29, 0.717) is 12.5 Å². The van der Waals surface area contributed by atoms with Gasteiger partial charge in [0.1, 0.15) is 11.3 Å². The zero-order chi connectivity index (χ0) is 17.2. The van der Waals surface area contributed by atoms with E-state index in [1.54, 1.807) is 11.3 Å². The van der Waals surface area contributed by atoms with Gasteiger partial charge in [-0.3, -0.25) is 4.79 Å². The molecule has 0 aliphatic carbocycles. The fraction of sp³-hybridized carbons (Fsp3) is 0.579. The van der Waals surface area contributed by atoms with Crippen molar-refractivity contribution in [3.63, 3.8) is 0 Å². The predicted octanol–water partition coefficient (Wildman–Crippen LogP) is 3.53. The van der Waals surface area contributed by atoms with E-state index in [4.69, 9.17) is 9.72 Å². The number of carbonyl (C=O) groups excluding carboxylic acids is 1. The number of fused-ring (bicyclic) bond motifs is 1. The van der Waals surface area contributed by atoms with E-state index < -0.39 is 0 Å². The first kappa shape index (κ1) is 16.6. The molecule has 2 saturated heterocycles. The van der Waals surface area contributed by atoms with Crippen LogP contribution in [0.3, 0.4) is 0 Å². The molecule has 2 aliphatic heterocycles. The van der Waals surface area contributed by atoms with Gasteiger partial charge in [-0.15, -0.1) is 0 Å². The maximum Gasteiger partial charge on any atom is 0.227 e. The highest BCUT2D eigenvalue weighted by Gasteiger charge is 2.33. The van der Waals surface area contributed by atoms with Gasteiger partial charge in [-0.25, -0.2) is 4.98 Å². The fourth-order valence-electron chi connectivity index (χ4n) is 3.83. The maximum atomic E-state index is 12.8. The van der Waals surface area contributed by atoms with Crippen LogP contribution in [0.1, 0.15) is 32.6 Å². The van der Waals surface area contributed by atoms with Gasteiger partial charge < -0.3 is 14.5 Å². The van der Waals surface area contributed by atoms with Crippen LogP contribution in [0.25, 0.3) is 10.2 Å². The van der Waals surface area contributed by atoms with Crippen molar-refractivity contribution in [1.29, 1.82) is 0 Å². The molecule has 1 aromatic heterocycles. The van der Waals surface area contributed by atoms with Crippen molar-refractivity contribution < 1.29 is 9.53 Å². The Kier molecular flexibility index (Phi) is 4.79. The number of anilines is 1. The highest BCUT2D eigenvalue weighted by Crippen LogP contribution is 2.36. The zero-order valence-electron chi connectivity index (χ0n) is 14.7. The minimum atomic E-state index is 0.122. The van der Waals surface area contributed by atoms with Crippen LogP contribution in [0, 0.1) is 5.92 Å². The van der Waals surface area contributed by atoms with Crippen LogP contribution < -0.4 is 9.64 Å². The lowest BCUT2D eigenvalue weighted by molar-refractivity contribution is -0.135. The Balaban J connectivity index is 1.49. The molecule has 2 aromatic rings. The second-order valence-electron chi connectivity index (χ2n) is 6.85. The first-order chi connectivity index (χ1) is 12.3. The van der Waals surface area contributed by atoms with Crippen LogP contribution in [-0.2, 0) is 4.79 Å². The third kappa shape index (κ3) is 3.32. The summed E-state index contributed by atoms with van der Waals surface area (Å²) in [5.41, 5.74) is 0.940. The summed E-state index contributed by atoms with van der Waals surface area (Å²) in [5.74, 6) is 1.32. The number of amides is 1. The number of hydrogen-bond donors (Lipinski definition) is 0. The Bertz CT molecular complexity index is 754. The number of ether oxygens (including phenoxy) is 1. The lowest BCUT2D eigenvalue weighted by Crippen LogP contribution is -2.40. The fourth-order valence-corrected chi connectivity index (χ4v) is 4.84. The average Bonchev–Trinajstić information content (AvgIpc) is 3.29. The number of rotatable bonds is 4. The van der Waals surface area contributed by atoms with Crippen molar-refractivity contribution in [2.75, 3.05) is 37.7 Å². The molecule has 0 saturated carbocycles. The molecule has 25 heavy (non-hydrogen) atoms. The highest BCUT2D eigenvalue weighted by molar-refractivity contribution is 7.22. The maximum absolute atomic E-state index is 12.8. The summed E-state index contributed by atoms with van der Waals surface area (Å²) in [4.78, 5) is 21.9. The monoisotopic (exact) mass is 359 g/mol. The minimum absolute atomic E-state index is 0.122. The van der Waals surface area contributed by atoms with Crippen molar-refractivity contribution in [3.8, 4) is 5.75 Å². The van der Waals surface area contributed by atoms with E-state index in [1.807, 2.05) is 19.1 Å². The summed E-state index contributed by atoms with van der Waals surface area (Å²) in [5, 5.41) is 1.01. The van der Waals surface area contributed by atoms with Crippen molar-refractivity contribution in [2.24, 2.45) is 5.92 Å². The zero-order valence-corrected chi connectivity index (χ0v) is 15.6. The van der Waals surface area contributed by atoms with Gasteiger partial charge in [-0.2, -0.15) is 0 Å². The first-order valence-electron chi connectivity index (χ1n) is 9.32. The van der Waals surface area contributed by atoms with Crippen LogP contribution >= 0.6 is 11.3 Å². The molecule has 0 bridgehead atoms. The molecule has 1 aromatic carbocycles. The van der Waals surface area contributed by atoms with E-state index >= 15 is 0 Å². The van der Waals surface area contributed by atoms with E-state index in [2.05, 4.69) is 15.9 Å². The Morgan fingerprint density at radius 3 is 2.92 bits per heavy atom. The lowest BCUT2D eigenvalue weighted by Gasteiger charge is -2.29. The van der Waals surface area contributed by atoms with Crippen molar-refractivity contribution in [2.45, 2.75) is 32.6 Å². The standard InChI is InChI=1S/C19H25N3O2S/c1-2-24-15-7-6-8-16-17(15)20-19(25-16)22-12-9-14(13-22)18(23)21-10-4-3-5-11-21/h6-8,14H,2-5,9-13H2,1H3. The number of para-hydroxylation sites is 1. The second-order valence-corrected chi connectivity index (χ2v) is 7.86. The third-order valence-corrected chi connectivity index (χ3v) is 6.23. The molecule has 134 valence electrons. The van der Waals surface area contributed by atoms with E-state index in [0.717, 1.165) is 66.5 Å². The number of thiazole rings is 1. The normalized spacial score (nSPS) is 21.1. The second kappa shape index (κ2) is 7.20. The van der Waals surface area contributed by atoms with Crippen LogP contribution in [-0.4, -0.2) is 48.6 Å². The molecule has 2 aliphatic rings. The number of piperidine rings is 1. The molecule has 2 fully saturated rings. The van der Waals surface area contributed by atoms with Gasteiger partial charge in [0.2, 0.25) is 5.91 Å². The van der Waals surface area contributed by atoms with Crippen LogP contribution in [0.4, 0.5) is 5.13 Å². The number of carbonyl (C=O) groups is 1. The Morgan fingerprint density at radius 1 is 1.28 bits per heavy atom. The topological polar surface area (TPSA) is 45.7 Å². The van der Waals surface area contributed by atoms with E-state index in [-0.39, 0.29) is 5.92 Å². The predicted molar refractivity (Wildman–Crippen MR) is 102 cm³/mol. The SMILES string of the molecule is CCOc1cccc2sc(N3CCC(C(=O)N4CCCCC4)C3)nc12. The number of nitrogens with zero attached hydrogens (tertiary/aromatic N) is 3. The van der Waals surface area contributed by atoms with Crippen LogP contribution in [0.2, 0.25) is 0 Å². The summed E-state index contributed by atoms with van der Waals surface area (Å²) in [6, 6.07) is 6.08. The van der Waals surface area contributed by atoms with E-state index in [9.17, 15) is 4.79 Å². The molecular formula is C19H25N3O2S. The quantitative estimate of drug-likeness (QED) is 0.838. The largest absolute Gasteiger partial charge is 0.492 e. The Labute approximate surface area is 152 Å². The molecule has 3 heterocycles. The van der Waals surface area contributed by atoms with Gasteiger partial charge in [0.25, 0.3) is 0 Å². The highest BCUT2D eigenvalue weighted by atomic mass is 32.1. The van der Waals surface area contributed by atoms with Crippen molar-refractivity contribution in [3.05, 3.63) is 18.2 Å². The molecule has 1 unspecified atom stereocenters. The van der Waals surface area contributed by atoms with Gasteiger partial charge in [0, 0.05) is 26.2 Å². The molecule has 0 N–H and O–H groups in total. The van der Waals surface area contributed by atoms with Gasteiger partial charge in [-0.1, -0.05) is 17.4 Å². The summed E-state index contributed by atoms with van der Waals surface area (Å²) in [7, 11) is 0. The molecule has 1 amide bonds. The summed E-state index contributed by atoms with van der Waals surface area (Å²) < 4.78 is 6.84. The number of benzene rings is 1. The number of likely N-dealkylation sites (tertiary alicyclic amines) is 1. The smallest absolute Gasteiger partial charge is 0.227 e. The van der Waals surface area contributed by atoms with Crippen LogP contribution in [0.5, 0.6) is 5.75 Å². The summed E-state index contributed by atoms with van der Waals surface area (Å²) in [6.45, 7) is 6.21. The van der Waals surface area contributed by atoms with Gasteiger partial charge in [0.15, 0.2) is 5.13 Å². The molecule has 0 radical (unpaired) electrons. The van der Waals surface area contributed by atoms with Crippen molar-refractivity contribution in [1.82, 2.24) is 9.88 Å². The molecule has 1 atom stereocenters. The van der Waals surface area contributed by atoms with Gasteiger partial charge >= 0.3 is 0 Å². The number of aromatic nitrogens is 1. The first-order valence-corrected chi connectivity index (χ1v) is 10.1. The molecule has 6 heteroatoms. The average molecular weight is 359 g/mol. The van der Waals surface area contributed by atoms with E-state index in [1.165, 1.54) is 6.42 Å². The van der Waals surface area contributed by atoms with Gasteiger partial charge in [-0.05, 0) is 44.7 Å². The molecule has 0 spiro atoms.